The summed E-state index contributed by atoms with van der Waals surface area (Å²) in [6.07, 6.45) is 15.6. The molecule has 0 N–H and O–H groups in total. The van der Waals surface area contributed by atoms with Gasteiger partial charge in [-0.1, -0.05) is 78.6 Å². The van der Waals surface area contributed by atoms with E-state index < -0.39 is 0 Å². The molecule has 1 saturated carbocycles. The fourth-order valence-corrected chi connectivity index (χ4v) is 4.57. The molecule has 0 heterocycles. The first kappa shape index (κ1) is 23.5. The minimum atomic E-state index is -0.349. The van der Waals surface area contributed by atoms with Gasteiger partial charge in [0.15, 0.2) is 0 Å². The first-order valence-electron chi connectivity index (χ1n) is 10.8. The van der Waals surface area contributed by atoms with Crippen LogP contribution in [0.1, 0.15) is 111 Å². The molecule has 0 aromatic carbocycles. The van der Waals surface area contributed by atoms with Crippen molar-refractivity contribution in [2.75, 3.05) is 0 Å². The van der Waals surface area contributed by atoms with Gasteiger partial charge in [-0.15, -0.1) is 0 Å². The SMILES string of the molecule is CCCCCCCC[C@H]1CC(C)(C)C(=O)[C@@H]1CCCCCCC(=O)OCl. The van der Waals surface area contributed by atoms with Gasteiger partial charge in [-0.25, -0.2) is 0 Å². The highest BCUT2D eigenvalue weighted by atomic mass is 35.5. The maximum atomic E-state index is 12.8. The normalized spacial score (nSPS) is 21.9. The lowest BCUT2D eigenvalue weighted by Gasteiger charge is -2.18. The standard InChI is InChI=1S/C22H39ClO3/c1-4-5-6-7-8-11-14-18-17-22(2,3)21(25)19(18)15-12-9-10-13-16-20(24)26-23/h18-19H,4-17H2,1-3H3/t18-,19+/m0/s1. The van der Waals surface area contributed by atoms with E-state index in [-0.39, 0.29) is 17.3 Å². The van der Waals surface area contributed by atoms with Gasteiger partial charge in [0.25, 0.3) is 0 Å². The van der Waals surface area contributed by atoms with Crippen molar-refractivity contribution in [3.05, 3.63) is 0 Å². The summed E-state index contributed by atoms with van der Waals surface area (Å²) in [5.41, 5.74) is -0.137. The van der Waals surface area contributed by atoms with Crippen molar-refractivity contribution >= 4 is 23.6 Å². The molecular weight excluding hydrogens is 348 g/mol. The number of rotatable bonds is 14. The van der Waals surface area contributed by atoms with E-state index in [0.717, 1.165) is 38.5 Å². The molecule has 0 spiro atoms. The third-order valence-electron chi connectivity index (χ3n) is 6.01. The van der Waals surface area contributed by atoms with Crippen molar-refractivity contribution in [2.24, 2.45) is 17.3 Å². The molecule has 0 radical (unpaired) electrons. The van der Waals surface area contributed by atoms with Crippen molar-refractivity contribution in [3.63, 3.8) is 0 Å². The number of Topliss-reactive ketones (excluding diaryl/α,β-unsaturated/α-hetero) is 1. The van der Waals surface area contributed by atoms with Gasteiger partial charge in [-0.2, -0.15) is 0 Å². The second kappa shape index (κ2) is 12.8. The second-order valence-corrected chi connectivity index (χ2v) is 8.93. The molecule has 2 atom stereocenters. The summed E-state index contributed by atoms with van der Waals surface area (Å²) in [6, 6.07) is 0. The van der Waals surface area contributed by atoms with Crippen LogP contribution in [-0.4, -0.2) is 11.8 Å². The summed E-state index contributed by atoms with van der Waals surface area (Å²) in [4.78, 5) is 23.8. The Morgan fingerprint density at radius 1 is 1.00 bits per heavy atom. The zero-order valence-corrected chi connectivity index (χ0v) is 17.9. The van der Waals surface area contributed by atoms with Crippen LogP contribution in [0.2, 0.25) is 0 Å². The van der Waals surface area contributed by atoms with E-state index in [1.54, 1.807) is 0 Å². The zero-order valence-electron chi connectivity index (χ0n) is 17.2. The number of ketones is 1. The van der Waals surface area contributed by atoms with Gasteiger partial charge in [0.1, 0.15) is 17.6 Å². The molecule has 1 rings (SSSR count). The Kier molecular flexibility index (Phi) is 11.5. The number of unbranched alkanes of at least 4 members (excludes halogenated alkanes) is 8. The molecule has 26 heavy (non-hydrogen) atoms. The van der Waals surface area contributed by atoms with Gasteiger partial charge < -0.3 is 4.29 Å². The molecule has 0 saturated heterocycles. The van der Waals surface area contributed by atoms with Crippen molar-refractivity contribution in [3.8, 4) is 0 Å². The van der Waals surface area contributed by atoms with Gasteiger partial charge in [0, 0.05) is 17.8 Å². The Morgan fingerprint density at radius 3 is 2.23 bits per heavy atom. The zero-order chi connectivity index (χ0) is 19.4. The monoisotopic (exact) mass is 386 g/mol. The van der Waals surface area contributed by atoms with Crippen LogP contribution in [0.5, 0.6) is 0 Å². The van der Waals surface area contributed by atoms with Gasteiger partial charge in [-0.05, 0) is 31.6 Å². The first-order valence-corrected chi connectivity index (χ1v) is 11.1. The number of carbonyl (C=O) groups is 2. The van der Waals surface area contributed by atoms with Crippen LogP contribution in [0.4, 0.5) is 0 Å². The molecule has 1 aliphatic rings. The molecule has 0 aromatic rings. The van der Waals surface area contributed by atoms with Gasteiger partial charge in [0.2, 0.25) is 0 Å². The quantitative estimate of drug-likeness (QED) is 0.301. The Balaban J connectivity index is 2.29. The summed E-state index contributed by atoms with van der Waals surface area (Å²) in [7, 11) is 0. The molecule has 4 heteroatoms. The summed E-state index contributed by atoms with van der Waals surface area (Å²) >= 11 is 5.03. The number of hydrogen-bond acceptors (Lipinski definition) is 3. The highest BCUT2D eigenvalue weighted by Gasteiger charge is 2.45. The summed E-state index contributed by atoms with van der Waals surface area (Å²) in [5.74, 6) is 0.973. The Bertz CT molecular complexity index is 420. The number of carbonyl (C=O) groups excluding carboxylic acids is 2. The molecular formula is C22H39ClO3. The molecule has 1 fully saturated rings. The van der Waals surface area contributed by atoms with Crippen LogP contribution in [0.15, 0.2) is 0 Å². The fraction of sp³-hybridized carbons (Fsp3) is 0.909. The minimum absolute atomic E-state index is 0.137. The highest BCUT2D eigenvalue weighted by molar-refractivity contribution is 6.13. The molecule has 0 aliphatic heterocycles. The molecule has 0 bridgehead atoms. The van der Waals surface area contributed by atoms with Crippen LogP contribution in [0.3, 0.4) is 0 Å². The molecule has 0 amide bonds. The van der Waals surface area contributed by atoms with Gasteiger partial charge >= 0.3 is 5.97 Å². The van der Waals surface area contributed by atoms with Crippen molar-refractivity contribution in [1.82, 2.24) is 0 Å². The van der Waals surface area contributed by atoms with Crippen LogP contribution < -0.4 is 0 Å². The van der Waals surface area contributed by atoms with Gasteiger partial charge in [-0.3, -0.25) is 9.59 Å². The molecule has 0 aromatic heterocycles. The van der Waals surface area contributed by atoms with E-state index in [9.17, 15) is 9.59 Å². The summed E-state index contributed by atoms with van der Waals surface area (Å²) in [6.45, 7) is 6.50. The average molecular weight is 387 g/mol. The van der Waals surface area contributed by atoms with Gasteiger partial charge in [0.05, 0.1) is 0 Å². The Hall–Kier alpha value is -0.570. The van der Waals surface area contributed by atoms with Crippen LogP contribution in [0.25, 0.3) is 0 Å². The van der Waals surface area contributed by atoms with E-state index >= 15 is 0 Å². The highest BCUT2D eigenvalue weighted by Crippen LogP contribution is 2.46. The lowest BCUT2D eigenvalue weighted by Crippen LogP contribution is -2.22. The van der Waals surface area contributed by atoms with E-state index in [0.29, 0.717) is 18.1 Å². The van der Waals surface area contributed by atoms with Crippen molar-refractivity contribution in [2.45, 2.75) is 111 Å². The Morgan fingerprint density at radius 2 is 1.58 bits per heavy atom. The maximum absolute atomic E-state index is 12.8. The predicted molar refractivity (Wildman–Crippen MR) is 108 cm³/mol. The van der Waals surface area contributed by atoms with Crippen LogP contribution in [0, 0.1) is 17.3 Å². The average Bonchev–Trinajstić information content (AvgIpc) is 2.83. The third-order valence-corrected chi connectivity index (χ3v) is 6.18. The van der Waals surface area contributed by atoms with Crippen LogP contribution in [-0.2, 0) is 13.9 Å². The molecule has 152 valence electrons. The fourth-order valence-electron chi connectivity index (χ4n) is 4.50. The molecule has 3 nitrogen and oxygen atoms in total. The summed E-state index contributed by atoms with van der Waals surface area (Å²) in [5, 5.41) is 0. The van der Waals surface area contributed by atoms with Crippen molar-refractivity contribution < 1.29 is 13.9 Å². The van der Waals surface area contributed by atoms with E-state index in [1.165, 1.54) is 44.9 Å². The van der Waals surface area contributed by atoms with E-state index in [4.69, 9.17) is 11.9 Å². The minimum Gasteiger partial charge on any atom is -0.348 e. The second-order valence-electron chi connectivity index (χ2n) is 8.78. The number of halogens is 1. The maximum Gasteiger partial charge on any atom is 0.324 e. The van der Waals surface area contributed by atoms with Crippen LogP contribution >= 0.6 is 11.9 Å². The lowest BCUT2D eigenvalue weighted by atomic mass is 9.86. The Labute approximate surface area is 165 Å². The molecule has 1 aliphatic carbocycles. The third kappa shape index (κ3) is 8.41. The largest absolute Gasteiger partial charge is 0.348 e. The number of hydrogen-bond donors (Lipinski definition) is 0. The van der Waals surface area contributed by atoms with Crippen molar-refractivity contribution in [1.29, 1.82) is 0 Å². The lowest BCUT2D eigenvalue weighted by molar-refractivity contribution is -0.134. The molecule has 0 unspecified atom stereocenters. The smallest absolute Gasteiger partial charge is 0.324 e. The summed E-state index contributed by atoms with van der Waals surface area (Å²) < 4.78 is 4.15. The van der Waals surface area contributed by atoms with E-state index in [1.807, 2.05) is 0 Å². The topological polar surface area (TPSA) is 43.4 Å². The first-order chi connectivity index (χ1) is 12.4. The predicted octanol–water partition coefficient (Wildman–Crippen LogP) is 7.01. The van der Waals surface area contributed by atoms with E-state index in [2.05, 4.69) is 25.1 Å².